The molecule has 10 heteroatoms. The van der Waals surface area contributed by atoms with E-state index < -0.39 is 46.7 Å². The second-order valence-corrected chi connectivity index (χ2v) is 5.72. The zero-order valence-electron chi connectivity index (χ0n) is 15.9. The maximum absolute atomic E-state index is 12.3. The summed E-state index contributed by atoms with van der Waals surface area (Å²) in [4.78, 5) is 48.3. The zero-order valence-corrected chi connectivity index (χ0v) is 15.9. The fraction of sp³-hybridized carbons (Fsp3) is 0.647. The summed E-state index contributed by atoms with van der Waals surface area (Å²) in [5.41, 5.74) is -3.30. The molecule has 2 unspecified atom stereocenters. The minimum absolute atomic E-state index is 0.0625. The molecule has 0 aromatic rings. The van der Waals surface area contributed by atoms with Crippen LogP contribution in [-0.4, -0.2) is 74.7 Å². The molecule has 0 bridgehead atoms. The lowest BCUT2D eigenvalue weighted by atomic mass is 9.63. The Morgan fingerprint density at radius 3 is 1.48 bits per heavy atom. The van der Waals surface area contributed by atoms with Crippen molar-refractivity contribution >= 4 is 23.9 Å². The van der Waals surface area contributed by atoms with Crippen LogP contribution in [0.4, 0.5) is 0 Å². The average molecular weight is 390 g/mol. The van der Waals surface area contributed by atoms with Gasteiger partial charge in [-0.2, -0.15) is 0 Å². The van der Waals surface area contributed by atoms with Crippen LogP contribution in [0.3, 0.4) is 0 Å². The summed E-state index contributed by atoms with van der Waals surface area (Å²) in [5.74, 6) is -8.46. The first-order valence-corrected chi connectivity index (χ1v) is 8.06. The Morgan fingerprint density at radius 2 is 1.22 bits per heavy atom. The van der Waals surface area contributed by atoms with Crippen LogP contribution in [0.1, 0.15) is 13.8 Å². The molecule has 0 aromatic heterocycles. The first-order valence-electron chi connectivity index (χ1n) is 8.06. The molecule has 0 heterocycles. The van der Waals surface area contributed by atoms with E-state index in [2.05, 4.69) is 6.58 Å². The van der Waals surface area contributed by atoms with Gasteiger partial charge in [-0.1, -0.05) is 20.4 Å². The molecule has 0 amide bonds. The number of carbonyl (C=O) groups is 4. The Bertz CT molecular complexity index is 540. The van der Waals surface area contributed by atoms with Crippen LogP contribution in [-0.2, 0) is 38.1 Å². The number of carboxylic acids is 2. The van der Waals surface area contributed by atoms with E-state index in [1.54, 1.807) is 0 Å². The Kier molecular flexibility index (Phi) is 10.3. The minimum Gasteiger partial charge on any atom is -0.481 e. The van der Waals surface area contributed by atoms with Crippen LogP contribution in [0.15, 0.2) is 12.2 Å². The van der Waals surface area contributed by atoms with Gasteiger partial charge in [0.2, 0.25) is 0 Å². The Labute approximate surface area is 157 Å². The van der Waals surface area contributed by atoms with Crippen molar-refractivity contribution in [2.24, 2.45) is 17.3 Å². The molecule has 0 radical (unpaired) electrons. The van der Waals surface area contributed by atoms with Gasteiger partial charge in [-0.15, -0.1) is 0 Å². The van der Waals surface area contributed by atoms with Gasteiger partial charge in [-0.05, 0) is 0 Å². The van der Waals surface area contributed by atoms with Gasteiger partial charge < -0.3 is 29.2 Å². The van der Waals surface area contributed by atoms with Crippen molar-refractivity contribution in [1.82, 2.24) is 0 Å². The SMILES string of the molecule is C=C(C(=O)O)C(C(=O)O)(C(C)C(=O)OCCOC)C(C)C(=O)OCCOC. The molecule has 27 heavy (non-hydrogen) atoms. The fourth-order valence-corrected chi connectivity index (χ4v) is 2.65. The molecule has 0 aliphatic carbocycles. The topological polar surface area (TPSA) is 146 Å². The predicted molar refractivity (Wildman–Crippen MR) is 90.8 cm³/mol. The number of hydrogen-bond acceptors (Lipinski definition) is 8. The van der Waals surface area contributed by atoms with Gasteiger partial charge in [0.05, 0.1) is 25.0 Å². The second kappa shape index (κ2) is 11.3. The molecule has 0 rings (SSSR count). The summed E-state index contributed by atoms with van der Waals surface area (Å²) in [7, 11) is 2.76. The van der Waals surface area contributed by atoms with Gasteiger partial charge in [0, 0.05) is 19.8 Å². The normalized spacial score (nSPS) is 15.1. The van der Waals surface area contributed by atoms with E-state index in [1.807, 2.05) is 0 Å². The number of hydrogen-bond donors (Lipinski definition) is 2. The van der Waals surface area contributed by atoms with Crippen molar-refractivity contribution in [2.45, 2.75) is 13.8 Å². The van der Waals surface area contributed by atoms with Crippen LogP contribution in [0.25, 0.3) is 0 Å². The standard InChI is InChI=1S/C17H26O10/c1-10(13(18)19)17(16(22)23,11(2)14(20)26-8-6-24-4)12(3)15(21)27-9-7-25-5/h11-12H,1,6-9H2,2-5H3,(H,18,19)(H,22,23). The number of esters is 2. The van der Waals surface area contributed by atoms with Gasteiger partial charge in [0.25, 0.3) is 0 Å². The lowest BCUT2D eigenvalue weighted by molar-refractivity contribution is -0.174. The van der Waals surface area contributed by atoms with Crippen LogP contribution in [0.2, 0.25) is 0 Å². The number of carbonyl (C=O) groups excluding carboxylic acids is 2. The zero-order chi connectivity index (χ0) is 21.2. The lowest BCUT2D eigenvalue weighted by Gasteiger charge is -2.37. The second-order valence-electron chi connectivity index (χ2n) is 5.72. The summed E-state index contributed by atoms with van der Waals surface area (Å²) in [6, 6.07) is 0. The monoisotopic (exact) mass is 390 g/mol. The predicted octanol–water partition coefficient (Wildman–Crippen LogP) is 0.350. The molecule has 2 N–H and O–H groups in total. The van der Waals surface area contributed by atoms with Gasteiger partial charge in [0.1, 0.15) is 18.6 Å². The van der Waals surface area contributed by atoms with Crippen molar-refractivity contribution in [1.29, 1.82) is 0 Å². The van der Waals surface area contributed by atoms with Gasteiger partial charge in [-0.3, -0.25) is 14.4 Å². The molecule has 0 aliphatic rings. The summed E-state index contributed by atoms with van der Waals surface area (Å²) >= 11 is 0. The fourth-order valence-electron chi connectivity index (χ4n) is 2.65. The highest BCUT2D eigenvalue weighted by atomic mass is 16.6. The Morgan fingerprint density at radius 1 is 0.852 bits per heavy atom. The largest absolute Gasteiger partial charge is 0.481 e. The van der Waals surface area contributed by atoms with Crippen molar-refractivity contribution in [3.8, 4) is 0 Å². The quantitative estimate of drug-likeness (QED) is 0.256. The van der Waals surface area contributed by atoms with E-state index in [0.717, 1.165) is 13.8 Å². The van der Waals surface area contributed by atoms with Crippen LogP contribution in [0.5, 0.6) is 0 Å². The molecule has 0 saturated heterocycles. The van der Waals surface area contributed by atoms with Gasteiger partial charge in [-0.25, -0.2) is 4.79 Å². The van der Waals surface area contributed by atoms with Crippen molar-refractivity contribution < 1.29 is 48.3 Å². The number of rotatable bonds is 13. The van der Waals surface area contributed by atoms with E-state index in [9.17, 15) is 29.4 Å². The molecule has 2 atom stereocenters. The molecule has 0 saturated carbocycles. The molecule has 0 aliphatic heterocycles. The summed E-state index contributed by atoms with van der Waals surface area (Å²) < 4.78 is 19.3. The number of carboxylic acid groups (broad SMARTS) is 2. The van der Waals surface area contributed by atoms with Gasteiger partial charge in [0.15, 0.2) is 0 Å². The summed E-state index contributed by atoms with van der Waals surface area (Å²) in [5, 5.41) is 19.2. The maximum Gasteiger partial charge on any atom is 0.332 e. The molecule has 154 valence electrons. The number of aliphatic carboxylic acids is 2. The highest BCUT2D eigenvalue weighted by Crippen LogP contribution is 2.44. The van der Waals surface area contributed by atoms with Crippen LogP contribution < -0.4 is 0 Å². The van der Waals surface area contributed by atoms with Crippen LogP contribution >= 0.6 is 0 Å². The van der Waals surface area contributed by atoms with E-state index in [1.165, 1.54) is 14.2 Å². The Balaban J connectivity index is 5.95. The maximum atomic E-state index is 12.3. The van der Waals surface area contributed by atoms with E-state index in [4.69, 9.17) is 18.9 Å². The summed E-state index contributed by atoms with van der Waals surface area (Å²) in [6.45, 7) is 5.42. The van der Waals surface area contributed by atoms with E-state index in [-0.39, 0.29) is 26.4 Å². The third-order valence-corrected chi connectivity index (χ3v) is 4.25. The van der Waals surface area contributed by atoms with E-state index in [0.29, 0.717) is 0 Å². The highest BCUT2D eigenvalue weighted by molar-refractivity contribution is 6.01. The summed E-state index contributed by atoms with van der Waals surface area (Å²) in [6.07, 6.45) is 0. The average Bonchev–Trinajstić information content (AvgIpc) is 2.61. The number of ether oxygens (including phenoxy) is 4. The first kappa shape index (κ1) is 24.5. The molecular formula is C17H26O10. The lowest BCUT2D eigenvalue weighted by Crippen LogP contribution is -2.52. The van der Waals surface area contributed by atoms with Crippen molar-refractivity contribution in [3.63, 3.8) is 0 Å². The highest BCUT2D eigenvalue weighted by Gasteiger charge is 2.58. The minimum atomic E-state index is -2.47. The molecule has 10 nitrogen and oxygen atoms in total. The molecule has 0 aromatic carbocycles. The Hall–Kier alpha value is -2.46. The first-order chi connectivity index (χ1) is 12.6. The number of methoxy groups -OCH3 is 2. The smallest absolute Gasteiger partial charge is 0.332 e. The van der Waals surface area contributed by atoms with Crippen LogP contribution in [0, 0.1) is 17.3 Å². The van der Waals surface area contributed by atoms with Crippen molar-refractivity contribution in [3.05, 3.63) is 12.2 Å². The molecular weight excluding hydrogens is 364 g/mol. The molecule has 0 spiro atoms. The third kappa shape index (κ3) is 5.76. The van der Waals surface area contributed by atoms with Gasteiger partial charge >= 0.3 is 23.9 Å². The van der Waals surface area contributed by atoms with E-state index >= 15 is 0 Å². The van der Waals surface area contributed by atoms with Crippen molar-refractivity contribution in [2.75, 3.05) is 40.6 Å². The third-order valence-electron chi connectivity index (χ3n) is 4.25. The molecule has 0 fully saturated rings.